The van der Waals surface area contributed by atoms with E-state index in [9.17, 15) is 9.59 Å². The lowest BCUT2D eigenvalue weighted by atomic mass is 10.0. The minimum atomic E-state index is -0.626. The van der Waals surface area contributed by atoms with Gasteiger partial charge in [0.15, 0.2) is 0 Å². The fourth-order valence-corrected chi connectivity index (χ4v) is 2.46. The highest BCUT2D eigenvalue weighted by molar-refractivity contribution is 6.33. The second-order valence-corrected chi connectivity index (χ2v) is 5.34. The fourth-order valence-electron chi connectivity index (χ4n) is 2.22. The minimum Gasteiger partial charge on any atom is -0.343 e. The predicted molar refractivity (Wildman–Crippen MR) is 78.6 cm³/mol. The van der Waals surface area contributed by atoms with E-state index in [4.69, 9.17) is 17.3 Å². The van der Waals surface area contributed by atoms with Gasteiger partial charge in [0.2, 0.25) is 11.8 Å². The van der Waals surface area contributed by atoms with Crippen molar-refractivity contribution in [1.82, 2.24) is 5.32 Å². The number of benzene rings is 1. The molecule has 0 aliphatic carbocycles. The highest BCUT2D eigenvalue weighted by Crippen LogP contribution is 2.28. The molecule has 0 aromatic heterocycles. The summed E-state index contributed by atoms with van der Waals surface area (Å²) in [4.78, 5) is 25.7. The summed E-state index contributed by atoms with van der Waals surface area (Å²) in [7, 11) is 0. The number of halogens is 1. The van der Waals surface area contributed by atoms with Gasteiger partial charge in [0.1, 0.15) is 6.04 Å². The summed E-state index contributed by atoms with van der Waals surface area (Å²) in [6.07, 6.45) is 1.43. The van der Waals surface area contributed by atoms with Crippen molar-refractivity contribution in [3.05, 3.63) is 29.3 Å². The molecule has 1 aliphatic heterocycles. The molecule has 20 heavy (non-hydrogen) atoms. The zero-order valence-corrected chi connectivity index (χ0v) is 12.1. The lowest BCUT2D eigenvalue weighted by molar-refractivity contribution is -0.128. The molecular weight excluding hydrogens is 278 g/mol. The van der Waals surface area contributed by atoms with E-state index in [2.05, 4.69) is 5.32 Å². The summed E-state index contributed by atoms with van der Waals surface area (Å²) >= 11 is 6.13. The van der Waals surface area contributed by atoms with Gasteiger partial charge in [0.05, 0.1) is 16.8 Å². The fraction of sp³-hybridized carbons (Fsp3) is 0.429. The number of hydrogen-bond donors (Lipinski definition) is 2. The summed E-state index contributed by atoms with van der Waals surface area (Å²) < 4.78 is 0. The van der Waals surface area contributed by atoms with Crippen LogP contribution in [-0.2, 0) is 9.59 Å². The minimum absolute atomic E-state index is 0.140. The van der Waals surface area contributed by atoms with E-state index in [1.54, 1.807) is 24.0 Å². The van der Waals surface area contributed by atoms with Gasteiger partial charge in [-0.15, -0.1) is 0 Å². The Kier molecular flexibility index (Phi) is 4.62. The Labute approximate surface area is 123 Å². The van der Waals surface area contributed by atoms with Crippen molar-refractivity contribution in [2.24, 2.45) is 5.73 Å². The number of nitrogens with two attached hydrogens (primary N) is 1. The molecule has 0 radical (unpaired) electrons. The first-order valence-corrected chi connectivity index (χ1v) is 7.00. The number of nitrogens with one attached hydrogen (secondary N) is 1. The third kappa shape index (κ3) is 3.11. The van der Waals surface area contributed by atoms with Gasteiger partial charge in [-0.1, -0.05) is 23.7 Å². The lowest BCUT2D eigenvalue weighted by Crippen LogP contribution is -2.55. The first-order chi connectivity index (χ1) is 9.50. The monoisotopic (exact) mass is 295 g/mol. The molecule has 1 heterocycles. The predicted octanol–water partition coefficient (Wildman–Crippen LogP) is 1.30. The smallest absolute Gasteiger partial charge is 0.249 e. The first kappa shape index (κ1) is 14.8. The standard InChI is InChI=1S/C14H18ClN3O2/c1-9(16)13(19)17-11-6-4-8-18(14(11)20)12-7-3-2-5-10(12)15/h2-3,5,7,9,11H,4,6,8,16H2,1H3,(H,17,19)/t9-,11?/m1/s1. The number of nitrogens with zero attached hydrogens (tertiary/aromatic N) is 1. The van der Waals surface area contributed by atoms with Crippen molar-refractivity contribution in [3.63, 3.8) is 0 Å². The van der Waals surface area contributed by atoms with E-state index in [1.807, 2.05) is 12.1 Å². The van der Waals surface area contributed by atoms with Crippen LogP contribution in [0.25, 0.3) is 0 Å². The molecule has 1 aromatic carbocycles. The number of carbonyl (C=O) groups excluding carboxylic acids is 2. The molecule has 6 heteroatoms. The van der Waals surface area contributed by atoms with Crippen LogP contribution in [0.15, 0.2) is 24.3 Å². The molecule has 1 fully saturated rings. The van der Waals surface area contributed by atoms with Gasteiger partial charge in [0.25, 0.3) is 0 Å². The maximum absolute atomic E-state index is 12.4. The zero-order chi connectivity index (χ0) is 14.7. The lowest BCUT2D eigenvalue weighted by Gasteiger charge is -2.33. The average molecular weight is 296 g/mol. The number of para-hydroxylation sites is 1. The van der Waals surface area contributed by atoms with Crippen LogP contribution in [0.2, 0.25) is 5.02 Å². The first-order valence-electron chi connectivity index (χ1n) is 6.62. The van der Waals surface area contributed by atoms with Gasteiger partial charge < -0.3 is 16.0 Å². The molecule has 1 unspecified atom stereocenters. The molecule has 5 nitrogen and oxygen atoms in total. The van der Waals surface area contributed by atoms with Gasteiger partial charge in [-0.3, -0.25) is 9.59 Å². The summed E-state index contributed by atoms with van der Waals surface area (Å²) in [6, 6.07) is 6.04. The van der Waals surface area contributed by atoms with Crippen LogP contribution in [0, 0.1) is 0 Å². The van der Waals surface area contributed by atoms with E-state index < -0.39 is 12.1 Å². The molecule has 1 saturated heterocycles. The summed E-state index contributed by atoms with van der Waals surface area (Å²) in [5, 5.41) is 3.22. The van der Waals surface area contributed by atoms with Gasteiger partial charge in [-0.25, -0.2) is 0 Å². The quantitative estimate of drug-likeness (QED) is 0.882. The Hall–Kier alpha value is -1.59. The Morgan fingerprint density at radius 3 is 2.85 bits per heavy atom. The number of carbonyl (C=O) groups is 2. The van der Waals surface area contributed by atoms with Crippen molar-refractivity contribution in [1.29, 1.82) is 0 Å². The third-order valence-electron chi connectivity index (χ3n) is 3.31. The highest BCUT2D eigenvalue weighted by atomic mass is 35.5. The van der Waals surface area contributed by atoms with Gasteiger partial charge in [0, 0.05) is 6.54 Å². The van der Waals surface area contributed by atoms with Gasteiger partial charge in [-0.2, -0.15) is 0 Å². The van der Waals surface area contributed by atoms with Crippen LogP contribution in [0.4, 0.5) is 5.69 Å². The summed E-state index contributed by atoms with van der Waals surface area (Å²) in [5.41, 5.74) is 6.19. The van der Waals surface area contributed by atoms with Crippen molar-refractivity contribution in [3.8, 4) is 0 Å². The second-order valence-electron chi connectivity index (χ2n) is 4.93. The molecule has 0 saturated carbocycles. The topological polar surface area (TPSA) is 75.4 Å². The molecular formula is C14H18ClN3O2. The molecule has 2 rings (SSSR count). The van der Waals surface area contributed by atoms with Crippen LogP contribution in [-0.4, -0.2) is 30.4 Å². The largest absolute Gasteiger partial charge is 0.343 e. The number of anilines is 1. The molecule has 108 valence electrons. The van der Waals surface area contributed by atoms with Crippen LogP contribution in [0.1, 0.15) is 19.8 Å². The molecule has 2 amide bonds. The van der Waals surface area contributed by atoms with Crippen molar-refractivity contribution >= 4 is 29.1 Å². The van der Waals surface area contributed by atoms with Crippen LogP contribution < -0.4 is 16.0 Å². The van der Waals surface area contributed by atoms with E-state index >= 15 is 0 Å². The molecule has 1 aromatic rings. The van der Waals surface area contributed by atoms with Crippen molar-refractivity contribution in [2.75, 3.05) is 11.4 Å². The van der Waals surface area contributed by atoms with Crippen LogP contribution in [0.3, 0.4) is 0 Å². The van der Waals surface area contributed by atoms with Crippen LogP contribution in [0.5, 0.6) is 0 Å². The summed E-state index contributed by atoms with van der Waals surface area (Å²) in [6.45, 7) is 2.20. The van der Waals surface area contributed by atoms with Crippen molar-refractivity contribution < 1.29 is 9.59 Å². The Morgan fingerprint density at radius 1 is 1.50 bits per heavy atom. The Balaban J connectivity index is 2.15. The molecule has 2 atom stereocenters. The SMILES string of the molecule is C[C@@H](N)C(=O)NC1CCCN(c2ccccc2Cl)C1=O. The Bertz CT molecular complexity index is 519. The number of piperidine rings is 1. The number of rotatable bonds is 3. The van der Waals surface area contributed by atoms with E-state index in [1.165, 1.54) is 0 Å². The number of hydrogen-bond acceptors (Lipinski definition) is 3. The second kappa shape index (κ2) is 6.24. The van der Waals surface area contributed by atoms with E-state index in [0.717, 1.165) is 6.42 Å². The molecule has 0 bridgehead atoms. The van der Waals surface area contributed by atoms with Crippen LogP contribution >= 0.6 is 11.6 Å². The number of amides is 2. The molecule has 1 aliphatic rings. The van der Waals surface area contributed by atoms with Gasteiger partial charge in [-0.05, 0) is 31.9 Å². The average Bonchev–Trinajstić information content (AvgIpc) is 2.42. The highest BCUT2D eigenvalue weighted by Gasteiger charge is 2.31. The van der Waals surface area contributed by atoms with Gasteiger partial charge >= 0.3 is 0 Å². The summed E-state index contributed by atoms with van der Waals surface area (Å²) in [5.74, 6) is -0.456. The van der Waals surface area contributed by atoms with Crippen molar-refractivity contribution in [2.45, 2.75) is 31.8 Å². The molecule has 3 N–H and O–H groups in total. The maximum Gasteiger partial charge on any atom is 0.249 e. The Morgan fingerprint density at radius 2 is 2.20 bits per heavy atom. The maximum atomic E-state index is 12.4. The van der Waals surface area contributed by atoms with E-state index in [0.29, 0.717) is 23.7 Å². The zero-order valence-electron chi connectivity index (χ0n) is 11.3. The third-order valence-corrected chi connectivity index (χ3v) is 3.63. The van der Waals surface area contributed by atoms with E-state index in [-0.39, 0.29) is 11.8 Å². The molecule has 0 spiro atoms. The normalized spacial score (nSPS) is 20.6.